The minimum Gasteiger partial charge on any atom is -0.376 e. The molecule has 1 atom stereocenters. The number of nitrogens with two attached hydrogens (primary N) is 1. The van der Waals surface area contributed by atoms with E-state index in [1.54, 1.807) is 4.90 Å². The van der Waals surface area contributed by atoms with Crippen LogP contribution in [0, 0.1) is 0 Å². The second-order valence-electron chi connectivity index (χ2n) is 5.54. The molecule has 1 saturated heterocycles. The molecule has 0 aromatic heterocycles. The van der Waals surface area contributed by atoms with Crippen molar-refractivity contribution >= 4 is 18.3 Å². The third-order valence-electron chi connectivity index (χ3n) is 4.02. The molecule has 0 aromatic carbocycles. The molecule has 1 aliphatic heterocycles. The van der Waals surface area contributed by atoms with Gasteiger partial charge < -0.3 is 15.4 Å². The molecular weight excluding hydrogens is 252 g/mol. The molecule has 2 rings (SSSR count). The molecule has 1 amide bonds. The zero-order chi connectivity index (χ0) is 12.3. The van der Waals surface area contributed by atoms with Gasteiger partial charge in [-0.05, 0) is 32.1 Å². The summed E-state index contributed by atoms with van der Waals surface area (Å²) in [5, 5.41) is 0. The number of carbonyl (C=O) groups excluding carboxylic acids is 1. The van der Waals surface area contributed by atoms with Crippen LogP contribution in [0.1, 0.15) is 44.9 Å². The first-order chi connectivity index (χ1) is 8.12. The van der Waals surface area contributed by atoms with Gasteiger partial charge in [0, 0.05) is 20.2 Å². The van der Waals surface area contributed by atoms with Crippen molar-refractivity contribution in [2.75, 3.05) is 20.2 Å². The fourth-order valence-corrected chi connectivity index (χ4v) is 2.94. The third kappa shape index (κ3) is 3.59. The van der Waals surface area contributed by atoms with Crippen LogP contribution in [0.25, 0.3) is 0 Å². The number of rotatable bonds is 3. The highest BCUT2D eigenvalue weighted by Crippen LogP contribution is 2.29. The maximum absolute atomic E-state index is 12.3. The Morgan fingerprint density at radius 1 is 1.33 bits per heavy atom. The van der Waals surface area contributed by atoms with Crippen molar-refractivity contribution in [1.82, 2.24) is 4.90 Å². The molecule has 1 unspecified atom stereocenters. The molecule has 0 bridgehead atoms. The molecule has 2 N–H and O–H groups in total. The van der Waals surface area contributed by atoms with Gasteiger partial charge in [-0.1, -0.05) is 12.8 Å². The van der Waals surface area contributed by atoms with Gasteiger partial charge in [0.2, 0.25) is 5.91 Å². The van der Waals surface area contributed by atoms with Gasteiger partial charge in [-0.2, -0.15) is 0 Å². The number of amides is 1. The number of likely N-dealkylation sites (N-methyl/N-ethyl adjacent to an activating group) is 1. The molecule has 2 fully saturated rings. The Labute approximate surface area is 116 Å². The van der Waals surface area contributed by atoms with E-state index in [1.807, 2.05) is 7.05 Å². The molecule has 106 valence electrons. The van der Waals surface area contributed by atoms with Gasteiger partial charge in [0.25, 0.3) is 0 Å². The molecule has 2 aliphatic rings. The minimum absolute atomic E-state index is 0. The normalized spacial score (nSPS) is 26.4. The summed E-state index contributed by atoms with van der Waals surface area (Å²) in [7, 11) is 1.85. The van der Waals surface area contributed by atoms with Gasteiger partial charge in [0.05, 0.1) is 11.6 Å². The van der Waals surface area contributed by atoms with E-state index in [1.165, 1.54) is 6.42 Å². The quantitative estimate of drug-likeness (QED) is 0.854. The first-order valence-corrected chi connectivity index (χ1v) is 6.78. The largest absolute Gasteiger partial charge is 0.376 e. The molecule has 18 heavy (non-hydrogen) atoms. The van der Waals surface area contributed by atoms with Crippen LogP contribution in [0.4, 0.5) is 0 Å². The standard InChI is InChI=1S/C13H24N2O2.ClH/c1-15(10-11-6-2-5-9-17-11)12(16)13(14)7-3-4-8-13;/h11H,2-10,14H2,1H3;1H. The van der Waals surface area contributed by atoms with E-state index in [4.69, 9.17) is 10.5 Å². The predicted molar refractivity (Wildman–Crippen MR) is 73.9 cm³/mol. The lowest BCUT2D eigenvalue weighted by molar-refractivity contribution is -0.137. The average Bonchev–Trinajstić information content (AvgIpc) is 2.78. The summed E-state index contributed by atoms with van der Waals surface area (Å²) in [6.45, 7) is 1.53. The lowest BCUT2D eigenvalue weighted by Gasteiger charge is -2.32. The Kier molecular flexibility index (Phi) is 5.89. The lowest BCUT2D eigenvalue weighted by Crippen LogP contribution is -2.54. The van der Waals surface area contributed by atoms with Crippen LogP contribution >= 0.6 is 12.4 Å². The number of hydrogen-bond acceptors (Lipinski definition) is 3. The lowest BCUT2D eigenvalue weighted by atomic mass is 9.97. The molecule has 1 aliphatic carbocycles. The molecular formula is C13H25ClN2O2. The van der Waals surface area contributed by atoms with Crippen LogP contribution < -0.4 is 5.73 Å². The number of halogens is 1. The highest BCUT2D eigenvalue weighted by atomic mass is 35.5. The molecule has 1 saturated carbocycles. The number of hydrogen-bond donors (Lipinski definition) is 1. The van der Waals surface area contributed by atoms with Crippen LogP contribution in [-0.2, 0) is 9.53 Å². The van der Waals surface area contributed by atoms with Crippen molar-refractivity contribution in [3.8, 4) is 0 Å². The summed E-state index contributed by atoms with van der Waals surface area (Å²) in [4.78, 5) is 14.1. The Morgan fingerprint density at radius 2 is 2.00 bits per heavy atom. The number of carbonyl (C=O) groups is 1. The first kappa shape index (κ1) is 15.7. The fourth-order valence-electron chi connectivity index (χ4n) is 2.94. The predicted octanol–water partition coefficient (Wildman–Crippen LogP) is 1.71. The third-order valence-corrected chi connectivity index (χ3v) is 4.02. The second-order valence-corrected chi connectivity index (χ2v) is 5.54. The Bertz CT molecular complexity index is 274. The van der Waals surface area contributed by atoms with Crippen molar-refractivity contribution in [3.05, 3.63) is 0 Å². The number of nitrogens with zero attached hydrogens (tertiary/aromatic N) is 1. The average molecular weight is 277 g/mol. The maximum Gasteiger partial charge on any atom is 0.242 e. The van der Waals surface area contributed by atoms with E-state index in [2.05, 4.69) is 0 Å². The van der Waals surface area contributed by atoms with Gasteiger partial charge in [-0.15, -0.1) is 12.4 Å². The summed E-state index contributed by atoms with van der Waals surface area (Å²) in [6, 6.07) is 0. The van der Waals surface area contributed by atoms with E-state index in [-0.39, 0.29) is 24.4 Å². The number of ether oxygens (including phenoxy) is 1. The van der Waals surface area contributed by atoms with Crippen molar-refractivity contribution in [2.24, 2.45) is 5.73 Å². The highest BCUT2D eigenvalue weighted by Gasteiger charge is 2.39. The summed E-state index contributed by atoms with van der Waals surface area (Å²) in [5.74, 6) is 0.101. The highest BCUT2D eigenvalue weighted by molar-refractivity contribution is 5.86. The van der Waals surface area contributed by atoms with Crippen molar-refractivity contribution < 1.29 is 9.53 Å². The summed E-state index contributed by atoms with van der Waals surface area (Å²) < 4.78 is 5.66. The van der Waals surface area contributed by atoms with Crippen molar-refractivity contribution in [1.29, 1.82) is 0 Å². The van der Waals surface area contributed by atoms with Crippen LogP contribution in [-0.4, -0.2) is 42.6 Å². The SMILES string of the molecule is CN(CC1CCCCO1)C(=O)C1(N)CCCC1.Cl. The Morgan fingerprint density at radius 3 is 2.56 bits per heavy atom. The zero-order valence-electron chi connectivity index (χ0n) is 11.2. The van der Waals surface area contributed by atoms with Crippen LogP contribution in [0.3, 0.4) is 0 Å². The Hall–Kier alpha value is -0.320. The molecule has 0 radical (unpaired) electrons. The van der Waals surface area contributed by atoms with E-state index in [9.17, 15) is 4.79 Å². The smallest absolute Gasteiger partial charge is 0.242 e. The van der Waals surface area contributed by atoms with Gasteiger partial charge >= 0.3 is 0 Å². The van der Waals surface area contributed by atoms with E-state index < -0.39 is 5.54 Å². The van der Waals surface area contributed by atoms with Crippen LogP contribution in [0.5, 0.6) is 0 Å². The molecule has 0 aromatic rings. The van der Waals surface area contributed by atoms with E-state index in [0.29, 0.717) is 6.54 Å². The van der Waals surface area contributed by atoms with Crippen LogP contribution in [0.15, 0.2) is 0 Å². The van der Waals surface area contributed by atoms with Crippen LogP contribution in [0.2, 0.25) is 0 Å². The zero-order valence-corrected chi connectivity index (χ0v) is 12.0. The summed E-state index contributed by atoms with van der Waals surface area (Å²) >= 11 is 0. The van der Waals surface area contributed by atoms with E-state index >= 15 is 0 Å². The monoisotopic (exact) mass is 276 g/mol. The molecule has 1 heterocycles. The van der Waals surface area contributed by atoms with Crippen molar-refractivity contribution in [3.63, 3.8) is 0 Å². The molecule has 5 heteroatoms. The van der Waals surface area contributed by atoms with Gasteiger partial charge in [-0.3, -0.25) is 4.79 Å². The summed E-state index contributed by atoms with van der Waals surface area (Å²) in [6.07, 6.45) is 7.46. The summed E-state index contributed by atoms with van der Waals surface area (Å²) in [5.41, 5.74) is 5.58. The molecule has 0 spiro atoms. The topological polar surface area (TPSA) is 55.6 Å². The maximum atomic E-state index is 12.3. The van der Waals surface area contributed by atoms with Gasteiger partial charge in [0.15, 0.2) is 0 Å². The second kappa shape index (κ2) is 6.73. The Balaban J connectivity index is 0.00000162. The first-order valence-electron chi connectivity index (χ1n) is 6.78. The minimum atomic E-state index is -0.594. The molecule has 4 nitrogen and oxygen atoms in total. The van der Waals surface area contributed by atoms with E-state index in [0.717, 1.165) is 45.1 Å². The van der Waals surface area contributed by atoms with Gasteiger partial charge in [0.1, 0.15) is 0 Å². The van der Waals surface area contributed by atoms with Crippen molar-refractivity contribution in [2.45, 2.75) is 56.6 Å². The van der Waals surface area contributed by atoms with Gasteiger partial charge in [-0.25, -0.2) is 0 Å². The fraction of sp³-hybridized carbons (Fsp3) is 0.923.